The van der Waals surface area contributed by atoms with Crippen LogP contribution in [0.15, 0.2) is 28.7 Å². The van der Waals surface area contributed by atoms with Crippen molar-refractivity contribution >= 4 is 21.9 Å². The van der Waals surface area contributed by atoms with Gasteiger partial charge in [0.2, 0.25) is 0 Å². The average molecular weight is 314 g/mol. The molecule has 0 aliphatic carbocycles. The van der Waals surface area contributed by atoms with Crippen LogP contribution in [0, 0.1) is 0 Å². The summed E-state index contributed by atoms with van der Waals surface area (Å²) in [6.45, 7) is 7.63. The minimum atomic E-state index is -0.751. The fourth-order valence-electron chi connectivity index (χ4n) is 1.74. The highest BCUT2D eigenvalue weighted by molar-refractivity contribution is 9.10. The van der Waals surface area contributed by atoms with Crippen molar-refractivity contribution < 1.29 is 9.90 Å². The molecule has 1 N–H and O–H groups in total. The maximum atomic E-state index is 10.7. The second kappa shape index (κ2) is 6.34. The lowest BCUT2D eigenvalue weighted by atomic mass is 10.0. The third kappa shape index (κ3) is 5.19. The fraction of sp³-hybridized carbons (Fsp3) is 0.500. The second-order valence-electron chi connectivity index (χ2n) is 5.37. The Balaban J connectivity index is 2.75. The Kier molecular flexibility index (Phi) is 5.35. The maximum absolute atomic E-state index is 10.7. The van der Waals surface area contributed by atoms with Gasteiger partial charge in [0, 0.05) is 23.1 Å². The molecule has 0 aromatic heterocycles. The number of carbonyl (C=O) groups is 1. The van der Waals surface area contributed by atoms with Gasteiger partial charge < -0.3 is 5.11 Å². The highest BCUT2D eigenvalue weighted by atomic mass is 79.9. The van der Waals surface area contributed by atoms with E-state index in [-0.39, 0.29) is 12.0 Å². The number of hydrogen-bond donors (Lipinski definition) is 1. The summed E-state index contributed by atoms with van der Waals surface area (Å²) < 4.78 is 1.05. The van der Waals surface area contributed by atoms with Crippen LogP contribution in [0.5, 0.6) is 0 Å². The Labute approximate surface area is 117 Å². The van der Waals surface area contributed by atoms with Gasteiger partial charge in [0.25, 0.3) is 0 Å². The van der Waals surface area contributed by atoms with Crippen molar-refractivity contribution in [1.82, 2.24) is 4.90 Å². The van der Waals surface area contributed by atoms with E-state index in [0.29, 0.717) is 6.54 Å². The molecule has 100 valence electrons. The van der Waals surface area contributed by atoms with Crippen LogP contribution >= 0.6 is 15.9 Å². The molecule has 0 aliphatic heterocycles. The summed E-state index contributed by atoms with van der Waals surface area (Å²) in [6, 6.07) is 8.11. The van der Waals surface area contributed by atoms with Gasteiger partial charge in [0.1, 0.15) is 0 Å². The number of carboxylic acid groups (broad SMARTS) is 1. The number of benzene rings is 1. The van der Waals surface area contributed by atoms with Gasteiger partial charge in [-0.3, -0.25) is 9.69 Å². The molecule has 0 aliphatic rings. The standard InChI is InChI=1S/C14H20BrNO2/c1-14(2,3)16(8-7-13(17)18)10-11-5-4-6-12(15)9-11/h4-6,9H,7-8,10H2,1-3H3,(H,17,18). The SMILES string of the molecule is CC(C)(C)N(CCC(=O)O)Cc1cccc(Br)c1. The van der Waals surface area contributed by atoms with Crippen LogP contribution in [0.4, 0.5) is 0 Å². The molecule has 0 saturated carbocycles. The predicted molar refractivity (Wildman–Crippen MR) is 76.6 cm³/mol. The summed E-state index contributed by atoms with van der Waals surface area (Å²) >= 11 is 3.45. The van der Waals surface area contributed by atoms with E-state index >= 15 is 0 Å². The zero-order valence-corrected chi connectivity index (χ0v) is 12.7. The molecule has 0 unspecified atom stereocenters. The van der Waals surface area contributed by atoms with Crippen molar-refractivity contribution in [3.05, 3.63) is 34.3 Å². The van der Waals surface area contributed by atoms with E-state index in [1.165, 1.54) is 5.56 Å². The molecule has 1 aromatic carbocycles. The Morgan fingerprint density at radius 1 is 1.39 bits per heavy atom. The first-order chi connectivity index (χ1) is 8.29. The molecule has 0 spiro atoms. The Bertz CT molecular complexity index is 413. The number of nitrogens with zero attached hydrogens (tertiary/aromatic N) is 1. The van der Waals surface area contributed by atoms with E-state index in [2.05, 4.69) is 53.7 Å². The molecule has 0 heterocycles. The van der Waals surface area contributed by atoms with E-state index in [0.717, 1.165) is 11.0 Å². The van der Waals surface area contributed by atoms with Crippen molar-refractivity contribution in [3.63, 3.8) is 0 Å². The monoisotopic (exact) mass is 313 g/mol. The van der Waals surface area contributed by atoms with Gasteiger partial charge in [-0.1, -0.05) is 28.1 Å². The van der Waals surface area contributed by atoms with Crippen molar-refractivity contribution in [2.45, 2.75) is 39.3 Å². The quantitative estimate of drug-likeness (QED) is 0.904. The highest BCUT2D eigenvalue weighted by Gasteiger charge is 2.21. The van der Waals surface area contributed by atoms with Crippen molar-refractivity contribution in [3.8, 4) is 0 Å². The van der Waals surface area contributed by atoms with Crippen molar-refractivity contribution in [1.29, 1.82) is 0 Å². The first-order valence-electron chi connectivity index (χ1n) is 6.00. The largest absolute Gasteiger partial charge is 0.481 e. The molecule has 18 heavy (non-hydrogen) atoms. The smallest absolute Gasteiger partial charge is 0.304 e. The zero-order chi connectivity index (χ0) is 13.8. The molecule has 4 heteroatoms. The molecule has 0 atom stereocenters. The first kappa shape index (κ1) is 15.2. The number of aliphatic carboxylic acids is 1. The molecule has 3 nitrogen and oxygen atoms in total. The lowest BCUT2D eigenvalue weighted by Crippen LogP contribution is -2.42. The molecular weight excluding hydrogens is 294 g/mol. The van der Waals surface area contributed by atoms with Crippen molar-refractivity contribution in [2.24, 2.45) is 0 Å². The summed E-state index contributed by atoms with van der Waals surface area (Å²) in [4.78, 5) is 12.9. The average Bonchev–Trinajstić information content (AvgIpc) is 2.22. The van der Waals surface area contributed by atoms with Gasteiger partial charge in [-0.05, 0) is 38.5 Å². The molecule has 0 radical (unpaired) electrons. The van der Waals surface area contributed by atoms with Crippen LogP contribution in [0.3, 0.4) is 0 Å². The molecular formula is C14H20BrNO2. The summed E-state index contributed by atoms with van der Waals surface area (Å²) in [6.07, 6.45) is 0.172. The third-order valence-corrected chi connectivity index (χ3v) is 3.30. The number of rotatable bonds is 5. The van der Waals surface area contributed by atoms with Crippen LogP contribution in [-0.2, 0) is 11.3 Å². The molecule has 0 amide bonds. The van der Waals surface area contributed by atoms with Gasteiger partial charge >= 0.3 is 5.97 Å². The maximum Gasteiger partial charge on any atom is 0.304 e. The Morgan fingerprint density at radius 3 is 2.56 bits per heavy atom. The molecule has 1 rings (SSSR count). The Hall–Kier alpha value is -0.870. The van der Waals surface area contributed by atoms with Gasteiger partial charge in [-0.15, -0.1) is 0 Å². The second-order valence-corrected chi connectivity index (χ2v) is 6.28. The van der Waals surface area contributed by atoms with Crippen LogP contribution in [0.25, 0.3) is 0 Å². The molecule has 0 bridgehead atoms. The third-order valence-electron chi connectivity index (χ3n) is 2.81. The number of halogens is 1. The summed E-state index contributed by atoms with van der Waals surface area (Å²) in [7, 11) is 0. The first-order valence-corrected chi connectivity index (χ1v) is 6.79. The van der Waals surface area contributed by atoms with Gasteiger partial charge in [0.05, 0.1) is 6.42 Å². The van der Waals surface area contributed by atoms with E-state index in [4.69, 9.17) is 5.11 Å². The van der Waals surface area contributed by atoms with Gasteiger partial charge in [-0.2, -0.15) is 0 Å². The van der Waals surface area contributed by atoms with Crippen LogP contribution in [-0.4, -0.2) is 28.1 Å². The lowest BCUT2D eigenvalue weighted by molar-refractivity contribution is -0.137. The summed E-state index contributed by atoms with van der Waals surface area (Å²) in [5, 5.41) is 8.80. The van der Waals surface area contributed by atoms with E-state index in [1.807, 2.05) is 12.1 Å². The van der Waals surface area contributed by atoms with Crippen LogP contribution in [0.1, 0.15) is 32.8 Å². The molecule has 0 saturated heterocycles. The predicted octanol–water partition coefficient (Wildman–Crippen LogP) is 3.52. The van der Waals surface area contributed by atoms with Crippen LogP contribution in [0.2, 0.25) is 0 Å². The van der Waals surface area contributed by atoms with E-state index in [1.54, 1.807) is 0 Å². The summed E-state index contributed by atoms with van der Waals surface area (Å²) in [5.74, 6) is -0.751. The van der Waals surface area contributed by atoms with Gasteiger partial charge in [-0.25, -0.2) is 0 Å². The van der Waals surface area contributed by atoms with Gasteiger partial charge in [0.15, 0.2) is 0 Å². The molecule has 1 aromatic rings. The number of hydrogen-bond acceptors (Lipinski definition) is 2. The lowest BCUT2D eigenvalue weighted by Gasteiger charge is -2.35. The van der Waals surface area contributed by atoms with E-state index < -0.39 is 5.97 Å². The van der Waals surface area contributed by atoms with E-state index in [9.17, 15) is 4.79 Å². The fourth-order valence-corrected chi connectivity index (χ4v) is 2.18. The summed E-state index contributed by atoms with van der Waals surface area (Å²) in [5.41, 5.74) is 1.14. The Morgan fingerprint density at radius 2 is 2.06 bits per heavy atom. The molecule has 0 fully saturated rings. The normalized spacial score (nSPS) is 11.8. The highest BCUT2D eigenvalue weighted by Crippen LogP contribution is 2.19. The number of carboxylic acids is 1. The minimum absolute atomic E-state index is 0.0439. The van der Waals surface area contributed by atoms with Crippen molar-refractivity contribution in [2.75, 3.05) is 6.54 Å². The van der Waals surface area contributed by atoms with Crippen LogP contribution < -0.4 is 0 Å². The zero-order valence-electron chi connectivity index (χ0n) is 11.1. The topological polar surface area (TPSA) is 40.5 Å². The minimum Gasteiger partial charge on any atom is -0.481 e.